The number of rotatable bonds is 2. The van der Waals surface area contributed by atoms with Crippen molar-refractivity contribution < 1.29 is 33.4 Å². The molecular weight excluding hydrogens is 322 g/mol. The van der Waals surface area contributed by atoms with Gasteiger partial charge in [-0.25, -0.2) is 23.2 Å². The summed E-state index contributed by atoms with van der Waals surface area (Å²) in [4.78, 5) is 0. The number of hydrogen-bond donors (Lipinski definition) is 0. The molecule has 126 valence electrons. The molecule has 0 spiro atoms. The van der Waals surface area contributed by atoms with Crippen LogP contribution in [-0.4, -0.2) is 9.78 Å². The summed E-state index contributed by atoms with van der Waals surface area (Å²) in [7, 11) is -4.94. The van der Waals surface area contributed by atoms with E-state index in [1.54, 1.807) is 0 Å². The van der Waals surface area contributed by atoms with Crippen LogP contribution in [0.15, 0.2) is 36.7 Å². The third-order valence-electron chi connectivity index (χ3n) is 3.85. The molecule has 0 saturated heterocycles. The first-order valence-corrected chi connectivity index (χ1v) is 8.72. The van der Waals surface area contributed by atoms with Crippen LogP contribution in [0.3, 0.4) is 0 Å². The maximum Gasteiger partial charge on any atom is 0.275 e. The van der Waals surface area contributed by atoms with Gasteiger partial charge in [-0.1, -0.05) is 29.3 Å². The fourth-order valence-electron chi connectivity index (χ4n) is 2.86. The molecule has 0 atom stereocenters. The molecule has 1 heterocycles. The maximum absolute atomic E-state index is 8.49. The average molecular weight is 342 g/mol. The maximum atomic E-state index is 8.49. The lowest BCUT2D eigenvalue weighted by atomic mass is 9.95. The van der Waals surface area contributed by atoms with Crippen LogP contribution in [0.1, 0.15) is 44.0 Å². The summed E-state index contributed by atoms with van der Waals surface area (Å²) in [6, 6.07) is 11.0. The normalized spacial score (nSPS) is 15.9. The molecule has 1 aliphatic rings. The van der Waals surface area contributed by atoms with Crippen molar-refractivity contribution in [3.8, 4) is 5.69 Å². The highest BCUT2D eigenvalue weighted by atomic mass is 35.7. The van der Waals surface area contributed by atoms with Crippen LogP contribution in [0, 0.1) is 17.2 Å². The molecule has 0 radical (unpaired) electrons. The molecule has 8 heteroatoms. The van der Waals surface area contributed by atoms with Gasteiger partial charge in [0.25, 0.3) is 5.82 Å². The first-order valence-electron chi connectivity index (χ1n) is 7.49. The van der Waals surface area contributed by atoms with Gasteiger partial charge in [-0.2, -0.15) is 0 Å². The molecule has 0 bridgehead atoms. The molecule has 0 N–H and O–H groups in total. The summed E-state index contributed by atoms with van der Waals surface area (Å²) in [5, 5.41) is 4.64. The Hall–Kier alpha value is -1.51. The zero-order chi connectivity index (χ0) is 16.9. The number of para-hydroxylation sites is 1. The Morgan fingerprint density at radius 2 is 1.61 bits per heavy atom. The lowest BCUT2D eigenvalue weighted by molar-refractivity contribution is -2.00. The summed E-state index contributed by atoms with van der Waals surface area (Å²) in [5.74, 6) is 1.12. The number of halogens is 1. The minimum Gasteiger partial charge on any atom is -0.232 e. The fourth-order valence-corrected chi connectivity index (χ4v) is 2.86. The van der Waals surface area contributed by atoms with Gasteiger partial charge in [0.2, 0.25) is 6.33 Å². The van der Waals surface area contributed by atoms with Gasteiger partial charge in [-0.3, -0.25) is 0 Å². The summed E-state index contributed by atoms with van der Waals surface area (Å²) >= 11 is 0. The Bertz CT molecular complexity index is 601. The van der Waals surface area contributed by atoms with Gasteiger partial charge < -0.3 is 0 Å². The van der Waals surface area contributed by atoms with E-state index in [2.05, 4.69) is 47.2 Å². The van der Waals surface area contributed by atoms with E-state index < -0.39 is 10.2 Å². The number of nitrogens with zero attached hydrogens (tertiary/aromatic N) is 3. The molecular formula is C15H20ClN3O4. The van der Waals surface area contributed by atoms with E-state index in [-0.39, 0.29) is 0 Å². The first-order chi connectivity index (χ1) is 10.8. The van der Waals surface area contributed by atoms with Crippen molar-refractivity contribution in [1.29, 1.82) is 0 Å². The van der Waals surface area contributed by atoms with Crippen LogP contribution in [0.2, 0.25) is 0 Å². The van der Waals surface area contributed by atoms with Gasteiger partial charge >= 0.3 is 0 Å². The second-order valence-corrected chi connectivity index (χ2v) is 6.28. The van der Waals surface area contributed by atoms with Crippen molar-refractivity contribution >= 4 is 0 Å². The van der Waals surface area contributed by atoms with Crippen LogP contribution in [0.5, 0.6) is 0 Å². The molecule has 1 aromatic heterocycles. The third kappa shape index (κ3) is 5.89. The Morgan fingerprint density at radius 3 is 2.17 bits per heavy atom. The van der Waals surface area contributed by atoms with Crippen molar-refractivity contribution in [2.45, 2.75) is 45.1 Å². The van der Waals surface area contributed by atoms with Crippen LogP contribution >= 0.6 is 0 Å². The monoisotopic (exact) mass is 341 g/mol. The van der Waals surface area contributed by atoms with Gasteiger partial charge in [0.15, 0.2) is 0 Å². The van der Waals surface area contributed by atoms with Crippen LogP contribution in [0.25, 0.3) is 5.69 Å². The molecule has 0 unspecified atom stereocenters. The minimum absolute atomic E-state index is 0.649. The van der Waals surface area contributed by atoms with E-state index in [1.807, 2.05) is 10.7 Å². The molecule has 0 amide bonds. The van der Waals surface area contributed by atoms with Crippen molar-refractivity contribution in [1.82, 2.24) is 9.78 Å². The molecule has 1 saturated carbocycles. The number of aromatic nitrogens is 3. The first kappa shape index (κ1) is 17.8. The summed E-state index contributed by atoms with van der Waals surface area (Å²) in [6.45, 7) is 2.11. The van der Waals surface area contributed by atoms with Crippen LogP contribution in [-0.2, 0) is 0 Å². The van der Waals surface area contributed by atoms with Crippen molar-refractivity contribution in [3.05, 3.63) is 42.5 Å². The highest BCUT2D eigenvalue weighted by molar-refractivity contribution is 5.28. The zero-order valence-electron chi connectivity index (χ0n) is 12.9. The smallest absolute Gasteiger partial charge is 0.232 e. The third-order valence-corrected chi connectivity index (χ3v) is 3.85. The van der Waals surface area contributed by atoms with Crippen molar-refractivity contribution in [2.24, 2.45) is 0 Å². The molecule has 23 heavy (non-hydrogen) atoms. The van der Waals surface area contributed by atoms with E-state index in [9.17, 15) is 0 Å². The fraction of sp³-hybridized carbons (Fsp3) is 0.467. The van der Waals surface area contributed by atoms with Gasteiger partial charge in [0.1, 0.15) is 5.69 Å². The van der Waals surface area contributed by atoms with E-state index in [1.165, 1.54) is 32.1 Å². The number of hydrogen-bond acceptors (Lipinski definition) is 5. The summed E-state index contributed by atoms with van der Waals surface area (Å²) < 4.78 is 38.3. The standard InChI is InChI=1S/C15H20N3.ClHO4/c1-13-16-18(15-10-6-3-7-11-15)12-17(13)14-8-4-2-5-9-14;2-1(3,4)5/h3,6-7,10-12,14H,2,4-5,8-9H2,1H3;(H,2,3,4,5)/q+1;/p-1. The van der Waals surface area contributed by atoms with Crippen LogP contribution < -0.4 is 23.2 Å². The molecule has 1 fully saturated rings. The van der Waals surface area contributed by atoms with Crippen LogP contribution in [0.4, 0.5) is 0 Å². The Kier molecular flexibility index (Phi) is 6.09. The summed E-state index contributed by atoms with van der Waals surface area (Å²) in [6.07, 6.45) is 8.85. The molecule has 0 aliphatic heterocycles. The number of aryl methyl sites for hydroxylation is 1. The van der Waals surface area contributed by atoms with Crippen molar-refractivity contribution in [3.63, 3.8) is 0 Å². The predicted molar refractivity (Wildman–Crippen MR) is 70.6 cm³/mol. The van der Waals surface area contributed by atoms with E-state index >= 15 is 0 Å². The van der Waals surface area contributed by atoms with Gasteiger partial charge in [-0.05, 0) is 37.8 Å². The number of benzene rings is 1. The van der Waals surface area contributed by atoms with E-state index in [4.69, 9.17) is 18.6 Å². The quantitative estimate of drug-likeness (QED) is 0.599. The molecule has 7 nitrogen and oxygen atoms in total. The lowest BCUT2D eigenvalue weighted by Gasteiger charge is -2.19. The zero-order valence-corrected chi connectivity index (χ0v) is 13.7. The Labute approximate surface area is 137 Å². The van der Waals surface area contributed by atoms with Gasteiger partial charge in [0.05, 0.1) is 6.04 Å². The largest absolute Gasteiger partial charge is 0.275 e. The highest BCUT2D eigenvalue weighted by Gasteiger charge is 2.23. The molecule has 3 rings (SSSR count). The average Bonchev–Trinajstić information content (AvgIpc) is 2.89. The van der Waals surface area contributed by atoms with E-state index in [0.29, 0.717) is 6.04 Å². The Balaban J connectivity index is 0.000000338. The van der Waals surface area contributed by atoms with Gasteiger partial charge in [0, 0.05) is 12.0 Å². The molecule has 1 aliphatic carbocycles. The lowest BCUT2D eigenvalue weighted by Crippen LogP contribution is -2.68. The Morgan fingerprint density at radius 1 is 1.04 bits per heavy atom. The molecule has 2 aromatic rings. The van der Waals surface area contributed by atoms with E-state index in [0.717, 1.165) is 11.5 Å². The minimum atomic E-state index is -4.94. The van der Waals surface area contributed by atoms with Gasteiger partial charge in [-0.15, -0.1) is 10.2 Å². The summed E-state index contributed by atoms with van der Waals surface area (Å²) in [5.41, 5.74) is 1.13. The molecule has 1 aromatic carbocycles. The SMILES string of the molecule is Cc1nn(-c2ccccc2)c[n+]1C1CCCCC1.[O-][Cl+3]([O-])([O-])[O-]. The highest BCUT2D eigenvalue weighted by Crippen LogP contribution is 2.24. The predicted octanol–water partition coefficient (Wildman–Crippen LogP) is -1.78. The topological polar surface area (TPSA) is 114 Å². The second-order valence-electron chi connectivity index (χ2n) is 5.52. The van der Waals surface area contributed by atoms with Crippen molar-refractivity contribution in [2.75, 3.05) is 0 Å². The second kappa shape index (κ2) is 7.85.